The molecule has 0 saturated carbocycles. The third-order valence-electron chi connectivity index (χ3n) is 15.6. The van der Waals surface area contributed by atoms with E-state index < -0.39 is 5.41 Å². The minimum Gasteiger partial charge on any atom is -0.310 e. The highest BCUT2D eigenvalue weighted by Crippen LogP contribution is 2.63. The van der Waals surface area contributed by atoms with Crippen molar-refractivity contribution in [1.82, 2.24) is 4.57 Å². The summed E-state index contributed by atoms with van der Waals surface area (Å²) in [6, 6.07) is 99.2. The number of nitrogens with zero attached hydrogens (tertiary/aromatic N) is 2. The van der Waals surface area contributed by atoms with Gasteiger partial charge in [-0.2, -0.15) is 0 Å². The lowest BCUT2D eigenvalue weighted by molar-refractivity contribution is 0.793. The third kappa shape index (κ3) is 5.77. The van der Waals surface area contributed by atoms with Crippen LogP contribution in [0.2, 0.25) is 0 Å². The van der Waals surface area contributed by atoms with E-state index >= 15 is 0 Å². The van der Waals surface area contributed by atoms with Gasteiger partial charge in [0.05, 0.1) is 27.8 Å². The Kier molecular flexibility index (Phi) is 8.61. The summed E-state index contributed by atoms with van der Waals surface area (Å²) in [6.45, 7) is 0. The molecule has 0 bridgehead atoms. The Morgan fingerprint density at radius 2 is 0.775 bits per heavy atom. The van der Waals surface area contributed by atoms with Crippen LogP contribution >= 0.6 is 0 Å². The Bertz CT molecular complexity index is 4250. The molecule has 0 radical (unpaired) electrons. The van der Waals surface area contributed by atoms with Gasteiger partial charge in [-0.15, -0.1) is 0 Å². The molecule has 2 heteroatoms. The molecule has 0 saturated heterocycles. The highest BCUT2D eigenvalue weighted by molar-refractivity contribution is 6.12. The van der Waals surface area contributed by atoms with E-state index in [-0.39, 0.29) is 0 Å². The van der Waals surface area contributed by atoms with Gasteiger partial charge in [-0.3, -0.25) is 0 Å². The zero-order valence-corrected chi connectivity index (χ0v) is 38.8. The molecule has 0 aliphatic heterocycles. The number of hydrogen-bond acceptors (Lipinski definition) is 1. The Morgan fingerprint density at radius 1 is 0.282 bits per heavy atom. The Morgan fingerprint density at radius 3 is 1.49 bits per heavy atom. The molecular weight excluding hydrogens is 857 g/mol. The summed E-state index contributed by atoms with van der Waals surface area (Å²) in [6.07, 6.45) is 0. The molecule has 1 aromatic heterocycles. The molecule has 0 atom stereocenters. The standard InChI is InChI=1S/C69H44N2/c1-3-25-53-45(17-1)19-15-35-65(53)70(52-38-39-58-57-29-7-11-33-63(57)69(64(58)44-52)61-31-9-5-27-55(61)56-28-6-10-32-62(56)69)51-24-14-23-49(42-51)47-21-13-22-48(41-47)50-37-40-68-60(43-50)59-30-8-12-34-67(59)71(68)66-36-16-20-46-18-2-4-26-54(46)66/h1-44H. The molecule has 1 heterocycles. The monoisotopic (exact) mass is 900 g/mol. The second kappa shape index (κ2) is 15.4. The van der Waals surface area contributed by atoms with Crippen molar-refractivity contribution < 1.29 is 0 Å². The summed E-state index contributed by atoms with van der Waals surface area (Å²) in [5, 5.41) is 7.38. The van der Waals surface area contributed by atoms with Crippen LogP contribution in [0.5, 0.6) is 0 Å². The van der Waals surface area contributed by atoms with Gasteiger partial charge in [-0.05, 0) is 138 Å². The number of benzene rings is 12. The van der Waals surface area contributed by atoms with Crippen molar-refractivity contribution in [3.05, 3.63) is 289 Å². The van der Waals surface area contributed by atoms with Crippen molar-refractivity contribution in [1.29, 1.82) is 0 Å². The average Bonchev–Trinajstić information content (AvgIpc) is 4.05. The Hall–Kier alpha value is -9.24. The predicted octanol–water partition coefficient (Wildman–Crippen LogP) is 18.2. The van der Waals surface area contributed by atoms with Crippen LogP contribution in [0, 0.1) is 0 Å². The molecule has 330 valence electrons. The summed E-state index contributed by atoms with van der Waals surface area (Å²) in [4.78, 5) is 2.49. The van der Waals surface area contributed by atoms with Gasteiger partial charge in [0.25, 0.3) is 0 Å². The minimum absolute atomic E-state index is 0.449. The van der Waals surface area contributed by atoms with Gasteiger partial charge in [0.15, 0.2) is 0 Å². The van der Waals surface area contributed by atoms with Crippen LogP contribution in [0.3, 0.4) is 0 Å². The van der Waals surface area contributed by atoms with E-state index in [1.54, 1.807) is 0 Å². The van der Waals surface area contributed by atoms with Crippen LogP contribution < -0.4 is 4.90 Å². The topological polar surface area (TPSA) is 8.17 Å². The van der Waals surface area contributed by atoms with Crippen LogP contribution in [-0.4, -0.2) is 4.57 Å². The van der Waals surface area contributed by atoms with Gasteiger partial charge < -0.3 is 9.47 Å². The largest absolute Gasteiger partial charge is 0.310 e. The second-order valence-corrected chi connectivity index (χ2v) is 19.2. The first-order chi connectivity index (χ1) is 35.2. The van der Waals surface area contributed by atoms with E-state index in [1.807, 2.05) is 0 Å². The number of para-hydroxylation sites is 1. The van der Waals surface area contributed by atoms with Gasteiger partial charge in [0, 0.05) is 32.9 Å². The molecule has 71 heavy (non-hydrogen) atoms. The average molecular weight is 901 g/mol. The fourth-order valence-corrected chi connectivity index (χ4v) is 12.6. The first kappa shape index (κ1) is 39.7. The molecule has 0 fully saturated rings. The third-order valence-corrected chi connectivity index (χ3v) is 15.6. The number of hydrogen-bond donors (Lipinski definition) is 0. The van der Waals surface area contributed by atoms with Gasteiger partial charge in [0.1, 0.15) is 0 Å². The Labute approximate surface area is 412 Å². The van der Waals surface area contributed by atoms with E-state index in [0.717, 1.165) is 22.6 Å². The maximum atomic E-state index is 2.50. The second-order valence-electron chi connectivity index (χ2n) is 19.2. The predicted molar refractivity (Wildman–Crippen MR) is 298 cm³/mol. The molecule has 2 nitrogen and oxygen atoms in total. The molecule has 13 aromatic rings. The van der Waals surface area contributed by atoms with E-state index in [4.69, 9.17) is 0 Å². The number of rotatable bonds is 6. The zero-order valence-electron chi connectivity index (χ0n) is 38.8. The summed E-state index contributed by atoms with van der Waals surface area (Å²) in [5.41, 5.74) is 21.8. The fraction of sp³-hybridized carbons (Fsp3) is 0.0145. The lowest BCUT2D eigenvalue weighted by Crippen LogP contribution is -2.26. The molecule has 0 N–H and O–H groups in total. The van der Waals surface area contributed by atoms with E-state index in [2.05, 4.69) is 276 Å². The summed E-state index contributed by atoms with van der Waals surface area (Å²) in [7, 11) is 0. The molecule has 0 unspecified atom stereocenters. The van der Waals surface area contributed by atoms with E-state index in [9.17, 15) is 0 Å². The Balaban J connectivity index is 0.883. The maximum Gasteiger partial charge on any atom is 0.0726 e. The van der Waals surface area contributed by atoms with Crippen LogP contribution in [0.1, 0.15) is 22.3 Å². The number of fused-ring (bicyclic) bond motifs is 15. The zero-order chi connectivity index (χ0) is 46.6. The molecule has 0 amide bonds. The van der Waals surface area contributed by atoms with E-state index in [1.165, 1.54) is 110 Å². The SMILES string of the molecule is c1cc(-c2cccc(N(c3ccc4c(c3)C3(c5ccccc5-c5ccccc53)c3ccccc3-4)c3cccc4ccccc34)c2)cc(-c2ccc3c(c2)c2ccccc2n3-c2cccc3ccccc23)c1. The van der Waals surface area contributed by atoms with Crippen molar-refractivity contribution in [2.24, 2.45) is 0 Å². The van der Waals surface area contributed by atoms with Crippen molar-refractivity contribution in [3.8, 4) is 50.2 Å². The van der Waals surface area contributed by atoms with Crippen LogP contribution in [0.4, 0.5) is 17.1 Å². The van der Waals surface area contributed by atoms with Crippen molar-refractivity contribution >= 4 is 60.4 Å². The first-order valence-electron chi connectivity index (χ1n) is 24.7. The molecule has 15 rings (SSSR count). The molecule has 12 aromatic carbocycles. The highest BCUT2D eigenvalue weighted by Gasteiger charge is 2.51. The van der Waals surface area contributed by atoms with Crippen LogP contribution in [0.15, 0.2) is 267 Å². The fourth-order valence-electron chi connectivity index (χ4n) is 12.6. The lowest BCUT2D eigenvalue weighted by atomic mass is 9.70. The minimum atomic E-state index is -0.449. The quantitative estimate of drug-likeness (QED) is 0.161. The smallest absolute Gasteiger partial charge is 0.0726 e. The molecule has 2 aliphatic carbocycles. The molecule has 1 spiro atoms. The van der Waals surface area contributed by atoms with Crippen molar-refractivity contribution in [2.75, 3.05) is 4.90 Å². The highest BCUT2D eigenvalue weighted by atomic mass is 15.1. The first-order valence-corrected chi connectivity index (χ1v) is 24.7. The van der Waals surface area contributed by atoms with Gasteiger partial charge in [-0.1, -0.05) is 206 Å². The van der Waals surface area contributed by atoms with Crippen molar-refractivity contribution in [2.45, 2.75) is 5.41 Å². The van der Waals surface area contributed by atoms with Crippen LogP contribution in [0.25, 0.3) is 93.5 Å². The summed E-state index contributed by atoms with van der Waals surface area (Å²) in [5.74, 6) is 0. The number of aromatic nitrogens is 1. The normalized spacial score (nSPS) is 12.9. The van der Waals surface area contributed by atoms with Crippen LogP contribution in [-0.2, 0) is 5.41 Å². The lowest BCUT2D eigenvalue weighted by Gasteiger charge is -2.32. The van der Waals surface area contributed by atoms with Gasteiger partial charge in [0.2, 0.25) is 0 Å². The van der Waals surface area contributed by atoms with Gasteiger partial charge >= 0.3 is 0 Å². The van der Waals surface area contributed by atoms with E-state index in [0.29, 0.717) is 0 Å². The summed E-state index contributed by atoms with van der Waals surface area (Å²) >= 11 is 0. The summed E-state index contributed by atoms with van der Waals surface area (Å²) < 4.78 is 2.44. The molecule has 2 aliphatic rings. The van der Waals surface area contributed by atoms with Crippen molar-refractivity contribution in [3.63, 3.8) is 0 Å². The van der Waals surface area contributed by atoms with Gasteiger partial charge in [-0.25, -0.2) is 0 Å². The molecular formula is C69H44N2. The number of anilines is 3. The maximum absolute atomic E-state index is 2.50.